The van der Waals surface area contributed by atoms with Crippen LogP contribution >= 0.6 is 11.6 Å². The van der Waals surface area contributed by atoms with Gasteiger partial charge >= 0.3 is 5.97 Å². The zero-order chi connectivity index (χ0) is 21.6. The van der Waals surface area contributed by atoms with Crippen LogP contribution in [0.3, 0.4) is 0 Å². The van der Waals surface area contributed by atoms with Gasteiger partial charge in [-0.05, 0) is 36.6 Å². The van der Waals surface area contributed by atoms with Gasteiger partial charge in [0.15, 0.2) is 5.78 Å². The van der Waals surface area contributed by atoms with E-state index in [0.29, 0.717) is 21.7 Å². The molecule has 0 saturated heterocycles. The third-order valence-corrected chi connectivity index (χ3v) is 4.98. The fraction of sp³-hybridized carbons (Fsp3) is 0.391. The first kappa shape index (κ1) is 23.0. The Kier molecular flexibility index (Phi) is 7.91. The van der Waals surface area contributed by atoms with Gasteiger partial charge in [0, 0.05) is 22.9 Å². The van der Waals surface area contributed by atoms with Crippen LogP contribution in [0.2, 0.25) is 5.02 Å². The number of rotatable bonds is 9. The van der Waals surface area contributed by atoms with E-state index in [4.69, 9.17) is 16.3 Å². The van der Waals surface area contributed by atoms with E-state index < -0.39 is 23.7 Å². The van der Waals surface area contributed by atoms with Gasteiger partial charge < -0.3 is 4.74 Å². The summed E-state index contributed by atoms with van der Waals surface area (Å²) in [7, 11) is 0. The molecule has 0 spiro atoms. The van der Waals surface area contributed by atoms with Gasteiger partial charge in [-0.15, -0.1) is 0 Å². The van der Waals surface area contributed by atoms with E-state index in [1.165, 1.54) is 19.9 Å². The average Bonchev–Trinajstić information content (AvgIpc) is 2.66. The second-order valence-electron chi connectivity index (χ2n) is 7.29. The van der Waals surface area contributed by atoms with Crippen molar-refractivity contribution in [3.8, 4) is 0 Å². The Morgan fingerprint density at radius 1 is 1.07 bits per heavy atom. The number of carbonyl (C=O) groups excluding carboxylic acids is 2. The van der Waals surface area contributed by atoms with E-state index in [2.05, 4.69) is 0 Å². The molecule has 156 valence electrons. The molecule has 2 rings (SSSR count). The van der Waals surface area contributed by atoms with Crippen molar-refractivity contribution in [1.29, 1.82) is 0 Å². The summed E-state index contributed by atoms with van der Waals surface area (Å²) in [5.41, 5.74) is 1.51. The summed E-state index contributed by atoms with van der Waals surface area (Å²) < 4.78 is 33.0. The van der Waals surface area contributed by atoms with Crippen molar-refractivity contribution in [3.05, 3.63) is 70.2 Å². The number of hydrogen-bond acceptors (Lipinski definition) is 3. The van der Waals surface area contributed by atoms with E-state index in [1.807, 2.05) is 0 Å². The molecule has 0 aliphatic rings. The number of hydrogen-bond donors (Lipinski definition) is 0. The van der Waals surface area contributed by atoms with Crippen LogP contribution in [0.1, 0.15) is 42.3 Å². The zero-order valence-corrected chi connectivity index (χ0v) is 17.5. The molecular formula is C23H25ClF2O3. The molecule has 0 aliphatic heterocycles. The van der Waals surface area contributed by atoms with Gasteiger partial charge in [0.1, 0.15) is 5.92 Å². The molecule has 0 aromatic heterocycles. The SMILES string of the molecule is CCOC(=O)C(Cc1ccc(CC(F)(F)C(C)C)cc1)C(=O)c1cccc(Cl)c1. The van der Waals surface area contributed by atoms with Gasteiger partial charge in [0.2, 0.25) is 0 Å². The molecule has 0 saturated carbocycles. The minimum absolute atomic E-state index is 0.116. The van der Waals surface area contributed by atoms with Crippen LogP contribution in [0.5, 0.6) is 0 Å². The normalized spacial score (nSPS) is 12.7. The van der Waals surface area contributed by atoms with Crippen molar-refractivity contribution in [2.45, 2.75) is 39.5 Å². The minimum atomic E-state index is -2.79. The molecule has 2 aromatic carbocycles. The maximum absolute atomic E-state index is 13.9. The molecule has 0 amide bonds. The quantitative estimate of drug-likeness (QED) is 0.292. The molecule has 1 unspecified atom stereocenters. The highest BCUT2D eigenvalue weighted by Gasteiger charge is 2.33. The van der Waals surface area contributed by atoms with Crippen LogP contribution in [-0.2, 0) is 22.4 Å². The molecule has 0 bridgehead atoms. The number of halogens is 3. The van der Waals surface area contributed by atoms with Crippen LogP contribution in [0.4, 0.5) is 8.78 Å². The van der Waals surface area contributed by atoms with Crippen LogP contribution in [0.25, 0.3) is 0 Å². The molecule has 29 heavy (non-hydrogen) atoms. The number of ether oxygens (including phenoxy) is 1. The topological polar surface area (TPSA) is 43.4 Å². The Hall–Kier alpha value is -2.27. The van der Waals surface area contributed by atoms with Crippen molar-refractivity contribution in [2.24, 2.45) is 11.8 Å². The Balaban J connectivity index is 2.21. The number of esters is 1. The molecule has 0 N–H and O–H groups in total. The van der Waals surface area contributed by atoms with E-state index in [-0.39, 0.29) is 25.2 Å². The molecule has 3 nitrogen and oxygen atoms in total. The highest BCUT2D eigenvalue weighted by atomic mass is 35.5. The van der Waals surface area contributed by atoms with Crippen LogP contribution in [-0.4, -0.2) is 24.3 Å². The fourth-order valence-corrected chi connectivity index (χ4v) is 3.06. The highest BCUT2D eigenvalue weighted by Crippen LogP contribution is 2.28. The first-order valence-electron chi connectivity index (χ1n) is 9.56. The molecule has 0 radical (unpaired) electrons. The molecule has 0 heterocycles. The fourth-order valence-electron chi connectivity index (χ4n) is 2.87. The zero-order valence-electron chi connectivity index (χ0n) is 16.8. The summed E-state index contributed by atoms with van der Waals surface area (Å²) in [6.45, 7) is 4.80. The Morgan fingerprint density at radius 3 is 2.24 bits per heavy atom. The maximum atomic E-state index is 13.9. The van der Waals surface area contributed by atoms with Crippen molar-refractivity contribution >= 4 is 23.4 Å². The summed E-state index contributed by atoms with van der Waals surface area (Å²) >= 11 is 5.96. The largest absolute Gasteiger partial charge is 0.465 e. The highest BCUT2D eigenvalue weighted by molar-refractivity contribution is 6.31. The summed E-state index contributed by atoms with van der Waals surface area (Å²) in [6.07, 6.45) is -0.237. The number of alkyl halides is 2. The first-order chi connectivity index (χ1) is 13.6. The Morgan fingerprint density at radius 2 is 1.69 bits per heavy atom. The van der Waals surface area contributed by atoms with E-state index in [1.54, 1.807) is 49.4 Å². The molecule has 6 heteroatoms. The smallest absolute Gasteiger partial charge is 0.317 e. The average molecular weight is 423 g/mol. The minimum Gasteiger partial charge on any atom is -0.465 e. The molecular weight excluding hydrogens is 398 g/mol. The lowest BCUT2D eigenvalue weighted by molar-refractivity contribution is -0.146. The lowest BCUT2D eigenvalue weighted by Gasteiger charge is -2.20. The van der Waals surface area contributed by atoms with Crippen molar-refractivity contribution < 1.29 is 23.1 Å². The van der Waals surface area contributed by atoms with E-state index in [9.17, 15) is 18.4 Å². The van der Waals surface area contributed by atoms with Crippen molar-refractivity contribution in [2.75, 3.05) is 6.61 Å². The Bertz CT molecular complexity index is 847. The number of carbonyl (C=O) groups is 2. The molecule has 0 fully saturated rings. The summed E-state index contributed by atoms with van der Waals surface area (Å²) in [5.74, 6) is -5.59. The first-order valence-corrected chi connectivity index (χ1v) is 9.94. The van der Waals surface area contributed by atoms with Crippen LogP contribution in [0, 0.1) is 11.8 Å². The summed E-state index contributed by atoms with van der Waals surface area (Å²) in [4.78, 5) is 25.3. The summed E-state index contributed by atoms with van der Waals surface area (Å²) in [5, 5.41) is 0.397. The van der Waals surface area contributed by atoms with E-state index >= 15 is 0 Å². The maximum Gasteiger partial charge on any atom is 0.317 e. The second kappa shape index (κ2) is 9.97. The standard InChI is InChI=1S/C23H25ClF2O3/c1-4-29-22(28)20(21(27)18-6-5-7-19(24)13-18)12-16-8-10-17(11-9-16)14-23(25,26)15(2)3/h5-11,13,15,20H,4,12,14H2,1-3H3. The molecule has 0 aliphatic carbocycles. The van der Waals surface area contributed by atoms with Crippen molar-refractivity contribution in [1.82, 2.24) is 0 Å². The predicted molar refractivity (Wildman–Crippen MR) is 110 cm³/mol. The lowest BCUT2D eigenvalue weighted by Crippen LogP contribution is -2.28. The third kappa shape index (κ3) is 6.36. The number of benzene rings is 2. The van der Waals surface area contributed by atoms with Gasteiger partial charge in [-0.2, -0.15) is 0 Å². The number of ketones is 1. The van der Waals surface area contributed by atoms with Crippen LogP contribution in [0.15, 0.2) is 48.5 Å². The number of Topliss-reactive ketones (excluding diaryl/α,β-unsaturated/α-hetero) is 1. The molecule has 2 aromatic rings. The van der Waals surface area contributed by atoms with Crippen LogP contribution < -0.4 is 0 Å². The van der Waals surface area contributed by atoms with Gasteiger partial charge in [0.05, 0.1) is 6.61 Å². The van der Waals surface area contributed by atoms with Gasteiger partial charge in [-0.1, -0.05) is 61.8 Å². The van der Waals surface area contributed by atoms with Gasteiger partial charge in [-0.3, -0.25) is 9.59 Å². The Labute approximate surface area is 175 Å². The molecule has 1 atom stereocenters. The van der Waals surface area contributed by atoms with Gasteiger partial charge in [-0.25, -0.2) is 8.78 Å². The second-order valence-corrected chi connectivity index (χ2v) is 7.73. The third-order valence-electron chi connectivity index (χ3n) is 4.74. The predicted octanol–water partition coefficient (Wildman–Crippen LogP) is 5.78. The van der Waals surface area contributed by atoms with Gasteiger partial charge in [0.25, 0.3) is 5.92 Å². The monoisotopic (exact) mass is 422 g/mol. The van der Waals surface area contributed by atoms with E-state index in [0.717, 1.165) is 0 Å². The van der Waals surface area contributed by atoms with Crippen molar-refractivity contribution in [3.63, 3.8) is 0 Å². The lowest BCUT2D eigenvalue weighted by atomic mass is 9.90. The summed E-state index contributed by atoms with van der Waals surface area (Å²) in [6, 6.07) is 12.9.